The highest BCUT2D eigenvalue weighted by Gasteiger charge is 2.28. The van der Waals surface area contributed by atoms with E-state index in [1.54, 1.807) is 60.9 Å². The lowest BCUT2D eigenvalue weighted by Gasteiger charge is -2.30. The number of carbonyl (C=O) groups excluding carboxylic acids is 2. The third kappa shape index (κ3) is 10.6. The number of aromatic nitrogens is 4. The van der Waals surface area contributed by atoms with Crippen molar-refractivity contribution in [2.24, 2.45) is 0 Å². The van der Waals surface area contributed by atoms with Gasteiger partial charge in [0.15, 0.2) is 0 Å². The van der Waals surface area contributed by atoms with Gasteiger partial charge in [-0.25, -0.2) is 24.8 Å². The van der Waals surface area contributed by atoms with Crippen LogP contribution in [0.1, 0.15) is 106 Å². The first kappa shape index (κ1) is 44.6. The zero-order valence-electron chi connectivity index (χ0n) is 37.0. The summed E-state index contributed by atoms with van der Waals surface area (Å²) in [5, 5.41) is 13.8. The van der Waals surface area contributed by atoms with Gasteiger partial charge < -0.3 is 32.7 Å². The molecule has 13 nitrogen and oxygen atoms in total. The number of nitrogens with zero attached hydrogens (tertiary/aromatic N) is 5. The predicted octanol–water partition coefficient (Wildman–Crippen LogP) is 9.60. The molecule has 4 aliphatic rings. The summed E-state index contributed by atoms with van der Waals surface area (Å²) in [5.41, 5.74) is 22.7. The van der Waals surface area contributed by atoms with Crippen LogP contribution in [0.5, 0.6) is 0 Å². The first-order chi connectivity index (χ1) is 32.7. The first-order valence-electron chi connectivity index (χ1n) is 22.9. The number of benzene rings is 4. The van der Waals surface area contributed by atoms with E-state index < -0.39 is 0 Å². The minimum Gasteiger partial charge on any atom is -0.399 e. The molecule has 2 heterocycles. The van der Waals surface area contributed by atoms with E-state index in [4.69, 9.17) is 39.6 Å². The fraction of sp³-hybridized carbons (Fsp3) is 0.264. The first-order valence-corrected chi connectivity index (χ1v) is 23.3. The van der Waals surface area contributed by atoms with Crippen LogP contribution in [-0.2, 0) is 12.8 Å². The Morgan fingerprint density at radius 3 is 1.55 bits per heavy atom. The van der Waals surface area contributed by atoms with Crippen LogP contribution >= 0.6 is 11.6 Å². The number of carbonyl (C=O) groups is 2. The summed E-state index contributed by atoms with van der Waals surface area (Å²) in [6.07, 6.45) is 16.8. The average Bonchev–Trinajstić information content (AvgIpc) is 3.98. The number of allylic oxidation sites excluding steroid dienone is 2. The molecule has 67 heavy (non-hydrogen) atoms. The van der Waals surface area contributed by atoms with Gasteiger partial charge in [-0.05, 0) is 141 Å². The molecule has 2 amide bonds. The molecule has 2 aromatic heterocycles. The van der Waals surface area contributed by atoms with Gasteiger partial charge >= 0.3 is 0 Å². The molecule has 14 heteroatoms. The molecule has 0 unspecified atom stereocenters. The molecule has 338 valence electrons. The maximum atomic E-state index is 12.6. The van der Waals surface area contributed by atoms with Crippen molar-refractivity contribution in [3.05, 3.63) is 183 Å². The van der Waals surface area contributed by atoms with E-state index in [0.29, 0.717) is 50.8 Å². The Hall–Kier alpha value is -7.56. The lowest BCUT2D eigenvalue weighted by atomic mass is 9.91. The molecule has 2 saturated carbocycles. The van der Waals surface area contributed by atoms with E-state index >= 15 is 0 Å². The molecule has 4 aliphatic carbocycles. The molecule has 8 N–H and O–H groups in total. The van der Waals surface area contributed by atoms with Gasteiger partial charge in [-0.15, -0.1) is 0 Å². The second-order valence-electron chi connectivity index (χ2n) is 17.5. The largest absolute Gasteiger partial charge is 0.399 e. The van der Waals surface area contributed by atoms with E-state index in [9.17, 15) is 9.59 Å². The quantitative estimate of drug-likeness (QED) is 0.0570. The number of amides is 2. The van der Waals surface area contributed by atoms with Gasteiger partial charge in [-0.2, -0.15) is 0 Å². The predicted molar refractivity (Wildman–Crippen MR) is 266 cm³/mol. The van der Waals surface area contributed by atoms with Crippen LogP contribution in [0, 0.1) is 6.57 Å². The number of hydrogen-bond donors (Lipinski definition) is 6. The van der Waals surface area contributed by atoms with Gasteiger partial charge in [0.2, 0.25) is 17.6 Å². The van der Waals surface area contributed by atoms with Crippen LogP contribution in [0.4, 0.5) is 29.0 Å². The number of nitrogens with two attached hydrogens (primary N) is 2. The Morgan fingerprint density at radius 2 is 1.04 bits per heavy atom. The van der Waals surface area contributed by atoms with Crippen LogP contribution in [0.15, 0.2) is 122 Å². The van der Waals surface area contributed by atoms with Crippen molar-refractivity contribution in [3.8, 4) is 0 Å². The zero-order valence-corrected chi connectivity index (χ0v) is 37.8. The number of fused-ring (bicyclic) bond motifs is 2. The summed E-state index contributed by atoms with van der Waals surface area (Å²) in [7, 11) is 0. The average molecular weight is 911 g/mol. The van der Waals surface area contributed by atoms with Crippen molar-refractivity contribution in [3.63, 3.8) is 0 Å². The SMILES string of the molecule is Nc1ccc(C(=O)N[C@H]2CCC[C@@H](Nc3ncc(Cl)c(C4=CCc5ccccc54)n3)C2)cc1.[C-]#[N+]c1cnc(N[C@@H]2CCC[C@H](NC(=O)c3ccc(N)cc3)C2)nc1C1=CCc2ccccc21. The highest BCUT2D eigenvalue weighted by molar-refractivity contribution is 6.32. The smallest absolute Gasteiger partial charge is 0.251 e. The second-order valence-corrected chi connectivity index (χ2v) is 17.9. The van der Waals surface area contributed by atoms with Crippen molar-refractivity contribution in [1.82, 2.24) is 30.6 Å². The fourth-order valence-corrected chi connectivity index (χ4v) is 9.63. The topological polar surface area (TPSA) is 190 Å². The maximum absolute atomic E-state index is 12.6. The molecule has 4 atom stereocenters. The summed E-state index contributed by atoms with van der Waals surface area (Å²) in [6, 6.07) is 31.0. The minimum atomic E-state index is -0.0857. The molecule has 0 aliphatic heterocycles. The molecule has 4 aromatic carbocycles. The number of nitrogens with one attached hydrogen (secondary N) is 4. The number of rotatable bonds is 10. The lowest BCUT2D eigenvalue weighted by Crippen LogP contribution is -2.42. The van der Waals surface area contributed by atoms with E-state index in [0.717, 1.165) is 86.6 Å². The molecular formula is C53H52ClN11O2. The summed E-state index contributed by atoms with van der Waals surface area (Å²) in [5.74, 6) is 0.924. The summed E-state index contributed by atoms with van der Waals surface area (Å²) in [6.45, 7) is 7.58. The van der Waals surface area contributed by atoms with Gasteiger partial charge in [0.05, 0.1) is 29.2 Å². The molecule has 0 bridgehead atoms. The number of hydrogen-bond acceptors (Lipinski definition) is 10. The molecule has 0 radical (unpaired) electrons. The Morgan fingerprint density at radius 1 is 0.597 bits per heavy atom. The van der Waals surface area contributed by atoms with Crippen LogP contribution in [0.25, 0.3) is 16.0 Å². The normalized spacial score (nSPS) is 19.2. The molecular weight excluding hydrogens is 858 g/mol. The highest BCUT2D eigenvalue weighted by atomic mass is 35.5. The van der Waals surface area contributed by atoms with Crippen molar-refractivity contribution < 1.29 is 9.59 Å². The van der Waals surface area contributed by atoms with Gasteiger partial charge in [-0.1, -0.05) is 72.3 Å². The number of halogens is 1. The van der Waals surface area contributed by atoms with E-state index in [2.05, 4.69) is 78.6 Å². The Balaban J connectivity index is 0.000000168. The van der Waals surface area contributed by atoms with Gasteiger partial charge in [0.25, 0.3) is 11.8 Å². The minimum absolute atomic E-state index is 0.0717. The second kappa shape index (κ2) is 20.3. The van der Waals surface area contributed by atoms with Crippen molar-refractivity contribution >= 4 is 63.5 Å². The van der Waals surface area contributed by atoms with Gasteiger partial charge in [0.1, 0.15) is 0 Å². The summed E-state index contributed by atoms with van der Waals surface area (Å²) >= 11 is 6.49. The lowest BCUT2D eigenvalue weighted by molar-refractivity contribution is 0.0917. The Kier molecular flexibility index (Phi) is 13.5. The van der Waals surface area contributed by atoms with E-state index in [-0.39, 0.29) is 36.0 Å². The standard InChI is InChI=1S/C27H26N6O.C26H26ClN5O/c1-29-24-16-30-27(33-25(24)23-14-11-17-5-2-3-8-22(17)23)32-21-7-4-6-20(15-21)31-26(34)18-9-12-19(28)13-10-18;27-23-15-29-26(32-24(23)22-13-10-16-4-1-2-7-21(16)22)31-20-6-3-5-19(14-20)30-25(33)17-8-11-18(28)12-9-17/h2-3,5,8-10,12-14,16,20-21H,4,6-7,11,15,28H2,(H,31,34)(H,30,32,33);1-2,4,7-9,11-13,15,19-20H,3,5-6,10,14,28H2,(H,30,33)(H,29,31,32)/t20-,21+;19-,20+/m00/s1. The van der Waals surface area contributed by atoms with Gasteiger partial charge in [0, 0.05) is 58.4 Å². The molecule has 0 saturated heterocycles. The molecule has 10 rings (SSSR count). The molecule has 2 fully saturated rings. The van der Waals surface area contributed by atoms with Crippen LogP contribution in [0.2, 0.25) is 5.02 Å². The van der Waals surface area contributed by atoms with Crippen LogP contribution in [-0.4, -0.2) is 55.9 Å². The van der Waals surface area contributed by atoms with Crippen molar-refractivity contribution in [2.45, 2.75) is 88.4 Å². The van der Waals surface area contributed by atoms with Gasteiger partial charge in [-0.3, -0.25) is 9.59 Å². The van der Waals surface area contributed by atoms with Crippen LogP contribution in [0.3, 0.4) is 0 Å². The number of anilines is 4. The van der Waals surface area contributed by atoms with Crippen molar-refractivity contribution in [2.75, 3.05) is 22.1 Å². The summed E-state index contributed by atoms with van der Waals surface area (Å²) < 4.78 is 0. The van der Waals surface area contributed by atoms with Crippen LogP contribution < -0.4 is 32.7 Å². The Bertz CT molecular complexity index is 2890. The fourth-order valence-electron chi connectivity index (χ4n) is 9.44. The zero-order chi connectivity index (χ0) is 46.3. The maximum Gasteiger partial charge on any atom is 0.251 e. The number of nitrogen functional groups attached to an aromatic ring is 2. The molecule has 0 spiro atoms. The molecule has 6 aromatic rings. The summed E-state index contributed by atoms with van der Waals surface area (Å²) in [4.78, 5) is 47.2. The third-order valence-corrected chi connectivity index (χ3v) is 13.1. The van der Waals surface area contributed by atoms with E-state index in [1.165, 1.54) is 16.7 Å². The monoisotopic (exact) mass is 909 g/mol. The van der Waals surface area contributed by atoms with Crippen molar-refractivity contribution in [1.29, 1.82) is 0 Å². The highest BCUT2D eigenvalue weighted by Crippen LogP contribution is 2.38. The third-order valence-electron chi connectivity index (χ3n) is 12.8. The van der Waals surface area contributed by atoms with E-state index in [1.807, 2.05) is 18.2 Å². The Labute approximate surface area is 395 Å².